The number of aliphatic imine (C=N–C) groups is 1. The Labute approximate surface area is 120 Å². The molecule has 20 heavy (non-hydrogen) atoms. The van der Waals surface area contributed by atoms with Crippen LogP contribution in [0.25, 0.3) is 5.57 Å². The van der Waals surface area contributed by atoms with E-state index in [2.05, 4.69) is 41.9 Å². The van der Waals surface area contributed by atoms with Crippen LogP contribution in [0.3, 0.4) is 0 Å². The summed E-state index contributed by atoms with van der Waals surface area (Å²) < 4.78 is 0. The van der Waals surface area contributed by atoms with Gasteiger partial charge in [-0.2, -0.15) is 5.26 Å². The van der Waals surface area contributed by atoms with Gasteiger partial charge < -0.3 is 4.90 Å². The van der Waals surface area contributed by atoms with Crippen LogP contribution in [-0.2, 0) is 0 Å². The maximum Gasteiger partial charge on any atom is 0.133 e. The Morgan fingerprint density at radius 2 is 2.05 bits per heavy atom. The number of aryl methyl sites for hydroxylation is 1. The highest BCUT2D eigenvalue weighted by Gasteiger charge is 2.07. The van der Waals surface area contributed by atoms with Crippen LogP contribution in [0.4, 0.5) is 5.82 Å². The van der Waals surface area contributed by atoms with Crippen molar-refractivity contribution in [2.24, 2.45) is 4.99 Å². The maximum absolute atomic E-state index is 8.61. The predicted octanol–water partition coefficient (Wildman–Crippen LogP) is 3.36. The highest BCUT2D eigenvalue weighted by atomic mass is 15.2. The normalized spacial score (nSPS) is 10.3. The van der Waals surface area contributed by atoms with E-state index in [0.29, 0.717) is 0 Å². The summed E-state index contributed by atoms with van der Waals surface area (Å²) in [7, 11) is 0. The van der Waals surface area contributed by atoms with Gasteiger partial charge in [0.15, 0.2) is 0 Å². The van der Waals surface area contributed by atoms with Crippen molar-refractivity contribution in [1.82, 2.24) is 4.98 Å². The fourth-order valence-electron chi connectivity index (χ4n) is 1.87. The van der Waals surface area contributed by atoms with Gasteiger partial charge in [0, 0.05) is 30.6 Å². The van der Waals surface area contributed by atoms with Gasteiger partial charge in [0.1, 0.15) is 17.6 Å². The average Bonchev–Trinajstić information content (AvgIpc) is 2.45. The topological polar surface area (TPSA) is 52.3 Å². The smallest absolute Gasteiger partial charge is 0.133 e. The standard InChI is InChI=1S/C16H20N4/c1-6-20(7-2)16-9-8-15(14(5)19-16)12(3)11-18-13(4)10-17/h8-9,11H,3-4,6-7H2,1-2,5H3/b18-11+. The molecule has 0 aliphatic rings. The third-order valence-electron chi connectivity index (χ3n) is 3.01. The minimum atomic E-state index is 0.163. The summed E-state index contributed by atoms with van der Waals surface area (Å²) in [6.45, 7) is 15.5. The van der Waals surface area contributed by atoms with Crippen LogP contribution >= 0.6 is 0 Å². The molecule has 104 valence electrons. The van der Waals surface area contributed by atoms with Crippen LogP contribution < -0.4 is 4.90 Å². The molecule has 0 aromatic carbocycles. The summed E-state index contributed by atoms with van der Waals surface area (Å²) in [5.74, 6) is 0.961. The minimum Gasteiger partial charge on any atom is -0.357 e. The lowest BCUT2D eigenvalue weighted by atomic mass is 10.1. The van der Waals surface area contributed by atoms with E-state index in [0.717, 1.165) is 35.7 Å². The Balaban J connectivity index is 2.99. The lowest BCUT2D eigenvalue weighted by Gasteiger charge is -2.20. The van der Waals surface area contributed by atoms with E-state index in [1.165, 1.54) is 0 Å². The van der Waals surface area contributed by atoms with Crippen LogP contribution in [0, 0.1) is 18.3 Å². The maximum atomic E-state index is 8.61. The molecule has 1 aromatic rings. The molecule has 0 unspecified atom stereocenters. The van der Waals surface area contributed by atoms with E-state index >= 15 is 0 Å². The molecule has 0 radical (unpaired) electrons. The number of allylic oxidation sites excluding steroid dienone is 2. The summed E-state index contributed by atoms with van der Waals surface area (Å²) >= 11 is 0. The number of nitrogens with zero attached hydrogens (tertiary/aromatic N) is 4. The number of anilines is 1. The van der Waals surface area contributed by atoms with E-state index in [4.69, 9.17) is 5.26 Å². The molecule has 0 saturated carbocycles. The van der Waals surface area contributed by atoms with Gasteiger partial charge in [0.05, 0.1) is 0 Å². The van der Waals surface area contributed by atoms with Crippen molar-refractivity contribution in [2.75, 3.05) is 18.0 Å². The average molecular weight is 268 g/mol. The lowest BCUT2D eigenvalue weighted by molar-refractivity contribution is 0.842. The zero-order chi connectivity index (χ0) is 15.1. The molecule has 4 heteroatoms. The zero-order valence-electron chi connectivity index (χ0n) is 12.3. The third kappa shape index (κ3) is 3.79. The van der Waals surface area contributed by atoms with E-state index < -0.39 is 0 Å². The molecule has 0 aliphatic carbocycles. The number of nitriles is 1. The van der Waals surface area contributed by atoms with Crippen molar-refractivity contribution in [3.05, 3.63) is 42.2 Å². The Hall–Kier alpha value is -2.41. The van der Waals surface area contributed by atoms with Crippen LogP contribution in [-0.4, -0.2) is 24.3 Å². The van der Waals surface area contributed by atoms with Crippen LogP contribution in [0.1, 0.15) is 25.1 Å². The Kier molecular flexibility index (Phi) is 5.67. The second-order valence-electron chi connectivity index (χ2n) is 4.32. The van der Waals surface area contributed by atoms with Gasteiger partial charge in [-0.05, 0) is 38.5 Å². The van der Waals surface area contributed by atoms with Gasteiger partial charge in [-0.15, -0.1) is 0 Å². The second kappa shape index (κ2) is 7.25. The predicted molar refractivity (Wildman–Crippen MR) is 84.8 cm³/mol. The van der Waals surface area contributed by atoms with Gasteiger partial charge in [-0.3, -0.25) is 0 Å². The lowest BCUT2D eigenvalue weighted by Crippen LogP contribution is -2.23. The fourth-order valence-corrected chi connectivity index (χ4v) is 1.87. The second-order valence-corrected chi connectivity index (χ2v) is 4.32. The zero-order valence-corrected chi connectivity index (χ0v) is 12.3. The number of hydrogen-bond acceptors (Lipinski definition) is 4. The van der Waals surface area contributed by atoms with Crippen molar-refractivity contribution >= 4 is 17.6 Å². The Bertz CT molecular complexity index is 575. The van der Waals surface area contributed by atoms with Crippen molar-refractivity contribution in [2.45, 2.75) is 20.8 Å². The van der Waals surface area contributed by atoms with Gasteiger partial charge in [0.2, 0.25) is 0 Å². The van der Waals surface area contributed by atoms with Gasteiger partial charge >= 0.3 is 0 Å². The number of aromatic nitrogens is 1. The highest BCUT2D eigenvalue weighted by molar-refractivity contribution is 6.09. The molecule has 0 bridgehead atoms. The highest BCUT2D eigenvalue weighted by Crippen LogP contribution is 2.19. The van der Waals surface area contributed by atoms with Crippen LogP contribution in [0.2, 0.25) is 0 Å². The number of pyridine rings is 1. The molecule has 4 nitrogen and oxygen atoms in total. The first-order chi connectivity index (χ1) is 9.53. The summed E-state index contributed by atoms with van der Waals surface area (Å²) in [6, 6.07) is 5.84. The van der Waals surface area contributed by atoms with E-state index in [9.17, 15) is 0 Å². The monoisotopic (exact) mass is 268 g/mol. The molecule has 0 saturated heterocycles. The molecular formula is C16H20N4. The first-order valence-electron chi connectivity index (χ1n) is 6.58. The van der Waals surface area contributed by atoms with Gasteiger partial charge in [-0.25, -0.2) is 9.98 Å². The molecular weight excluding hydrogens is 248 g/mol. The fraction of sp³-hybridized carbons (Fsp3) is 0.312. The summed E-state index contributed by atoms with van der Waals surface area (Å²) in [6.07, 6.45) is 1.55. The summed E-state index contributed by atoms with van der Waals surface area (Å²) in [5, 5.41) is 8.61. The third-order valence-corrected chi connectivity index (χ3v) is 3.01. The van der Waals surface area contributed by atoms with Crippen molar-refractivity contribution in [1.29, 1.82) is 5.26 Å². The van der Waals surface area contributed by atoms with Crippen molar-refractivity contribution < 1.29 is 0 Å². The van der Waals surface area contributed by atoms with Gasteiger partial charge in [0.25, 0.3) is 0 Å². The Morgan fingerprint density at radius 3 is 2.55 bits per heavy atom. The molecule has 0 amide bonds. The molecule has 0 fully saturated rings. The van der Waals surface area contributed by atoms with Gasteiger partial charge in [-0.1, -0.05) is 13.2 Å². The number of hydrogen-bond donors (Lipinski definition) is 0. The molecule has 0 aliphatic heterocycles. The summed E-state index contributed by atoms with van der Waals surface area (Å²) in [4.78, 5) is 10.7. The SMILES string of the molecule is C=C(C#N)/N=C/C(=C)c1ccc(N(CC)CC)nc1C. The first kappa shape index (κ1) is 15.6. The molecule has 0 atom stereocenters. The van der Waals surface area contributed by atoms with Crippen LogP contribution in [0.15, 0.2) is 36.0 Å². The first-order valence-corrected chi connectivity index (χ1v) is 6.58. The number of rotatable bonds is 6. The quantitative estimate of drug-likeness (QED) is 0.587. The van der Waals surface area contributed by atoms with E-state index in [-0.39, 0.29) is 5.70 Å². The summed E-state index contributed by atoms with van der Waals surface area (Å²) in [5.41, 5.74) is 2.71. The largest absolute Gasteiger partial charge is 0.357 e. The van der Waals surface area contributed by atoms with E-state index in [1.807, 2.05) is 25.1 Å². The van der Waals surface area contributed by atoms with Crippen LogP contribution in [0.5, 0.6) is 0 Å². The molecule has 0 spiro atoms. The molecule has 1 rings (SSSR count). The Morgan fingerprint density at radius 1 is 1.40 bits per heavy atom. The van der Waals surface area contributed by atoms with Crippen molar-refractivity contribution in [3.63, 3.8) is 0 Å². The minimum absolute atomic E-state index is 0.163. The molecule has 1 heterocycles. The molecule has 1 aromatic heterocycles. The molecule has 0 N–H and O–H groups in total. The van der Waals surface area contributed by atoms with E-state index in [1.54, 1.807) is 6.21 Å². The van der Waals surface area contributed by atoms with Crippen molar-refractivity contribution in [3.8, 4) is 6.07 Å².